The summed E-state index contributed by atoms with van der Waals surface area (Å²) in [7, 11) is 0. The summed E-state index contributed by atoms with van der Waals surface area (Å²) in [6.07, 6.45) is 0. The van der Waals surface area contributed by atoms with Crippen LogP contribution in [0.15, 0.2) is 18.2 Å². The minimum atomic E-state index is -0.464. The Morgan fingerprint density at radius 2 is 2.05 bits per heavy atom. The SMILES string of the molecule is CCNc1nc(C)c([N+](=O)[O-])c(-c2ccc(C)c(Cl)c2)n1. The van der Waals surface area contributed by atoms with Crippen molar-refractivity contribution in [2.24, 2.45) is 0 Å². The summed E-state index contributed by atoms with van der Waals surface area (Å²) in [6, 6.07) is 5.26. The van der Waals surface area contributed by atoms with Gasteiger partial charge in [0.1, 0.15) is 5.69 Å². The van der Waals surface area contributed by atoms with Gasteiger partial charge in [0.25, 0.3) is 0 Å². The van der Waals surface area contributed by atoms with Gasteiger partial charge in [0, 0.05) is 17.1 Å². The number of nitrogens with zero attached hydrogens (tertiary/aromatic N) is 3. The quantitative estimate of drug-likeness (QED) is 0.687. The Morgan fingerprint density at radius 1 is 1.33 bits per heavy atom. The van der Waals surface area contributed by atoms with Crippen molar-refractivity contribution >= 4 is 23.2 Å². The van der Waals surface area contributed by atoms with Gasteiger partial charge in [0.15, 0.2) is 5.69 Å². The van der Waals surface area contributed by atoms with E-state index in [1.165, 1.54) is 0 Å². The maximum atomic E-state index is 11.3. The third kappa shape index (κ3) is 3.11. The molecule has 0 radical (unpaired) electrons. The molecular weight excluding hydrogens is 292 g/mol. The Labute approximate surface area is 127 Å². The van der Waals surface area contributed by atoms with E-state index in [9.17, 15) is 10.1 Å². The number of anilines is 1. The normalized spacial score (nSPS) is 10.5. The Bertz CT molecular complexity index is 704. The molecule has 0 saturated carbocycles. The molecule has 0 saturated heterocycles. The number of aromatic nitrogens is 2. The highest BCUT2D eigenvalue weighted by molar-refractivity contribution is 6.31. The topological polar surface area (TPSA) is 81.0 Å². The molecule has 1 aromatic heterocycles. The van der Waals surface area contributed by atoms with Crippen LogP contribution < -0.4 is 5.32 Å². The van der Waals surface area contributed by atoms with Gasteiger partial charge in [-0.05, 0) is 32.4 Å². The van der Waals surface area contributed by atoms with Crippen LogP contribution in [0.2, 0.25) is 5.02 Å². The summed E-state index contributed by atoms with van der Waals surface area (Å²) < 4.78 is 0. The summed E-state index contributed by atoms with van der Waals surface area (Å²) in [4.78, 5) is 19.2. The summed E-state index contributed by atoms with van der Waals surface area (Å²) >= 11 is 6.11. The number of benzene rings is 1. The zero-order valence-electron chi connectivity index (χ0n) is 12.0. The van der Waals surface area contributed by atoms with Crippen molar-refractivity contribution in [3.05, 3.63) is 44.6 Å². The second kappa shape index (κ2) is 6.05. The fourth-order valence-electron chi connectivity index (χ4n) is 1.96. The van der Waals surface area contributed by atoms with Crippen LogP contribution in [0.5, 0.6) is 0 Å². The third-order valence-corrected chi connectivity index (χ3v) is 3.43. The number of nitro groups is 1. The van der Waals surface area contributed by atoms with Crippen molar-refractivity contribution in [2.75, 3.05) is 11.9 Å². The molecule has 0 bridgehead atoms. The van der Waals surface area contributed by atoms with E-state index < -0.39 is 4.92 Å². The molecule has 0 fully saturated rings. The molecule has 110 valence electrons. The lowest BCUT2D eigenvalue weighted by atomic mass is 10.1. The zero-order chi connectivity index (χ0) is 15.6. The van der Waals surface area contributed by atoms with Crippen molar-refractivity contribution < 1.29 is 4.92 Å². The highest BCUT2D eigenvalue weighted by Gasteiger charge is 2.23. The Hall–Kier alpha value is -2.21. The van der Waals surface area contributed by atoms with E-state index >= 15 is 0 Å². The van der Waals surface area contributed by atoms with Crippen LogP contribution in [0.3, 0.4) is 0 Å². The Kier molecular flexibility index (Phi) is 4.37. The fourth-order valence-corrected chi connectivity index (χ4v) is 2.14. The lowest BCUT2D eigenvalue weighted by Gasteiger charge is -2.09. The maximum absolute atomic E-state index is 11.3. The number of hydrogen-bond acceptors (Lipinski definition) is 5. The predicted molar refractivity (Wildman–Crippen MR) is 82.8 cm³/mol. The molecule has 2 aromatic rings. The average Bonchev–Trinajstić information content (AvgIpc) is 2.41. The van der Waals surface area contributed by atoms with Gasteiger partial charge < -0.3 is 5.32 Å². The van der Waals surface area contributed by atoms with Crippen molar-refractivity contribution in [3.8, 4) is 11.3 Å². The van der Waals surface area contributed by atoms with Gasteiger partial charge in [-0.15, -0.1) is 0 Å². The summed E-state index contributed by atoms with van der Waals surface area (Å²) in [5.74, 6) is 0.368. The third-order valence-electron chi connectivity index (χ3n) is 3.02. The first-order valence-electron chi connectivity index (χ1n) is 6.47. The van der Waals surface area contributed by atoms with E-state index in [1.807, 2.05) is 19.9 Å². The van der Waals surface area contributed by atoms with Crippen molar-refractivity contribution in [1.82, 2.24) is 9.97 Å². The number of nitrogens with one attached hydrogen (secondary N) is 1. The van der Waals surface area contributed by atoms with Gasteiger partial charge in [-0.25, -0.2) is 9.97 Å². The minimum Gasteiger partial charge on any atom is -0.354 e. The molecule has 0 spiro atoms. The second-order valence-electron chi connectivity index (χ2n) is 4.58. The summed E-state index contributed by atoms with van der Waals surface area (Å²) in [5, 5.41) is 14.8. The number of aryl methyl sites for hydroxylation is 2. The Morgan fingerprint density at radius 3 is 2.62 bits per heavy atom. The van der Waals surface area contributed by atoms with Crippen molar-refractivity contribution in [2.45, 2.75) is 20.8 Å². The molecule has 1 heterocycles. The van der Waals surface area contributed by atoms with E-state index in [2.05, 4.69) is 15.3 Å². The van der Waals surface area contributed by atoms with Gasteiger partial charge in [0.05, 0.1) is 4.92 Å². The van der Waals surface area contributed by atoms with Crippen LogP contribution in [0.1, 0.15) is 18.2 Å². The molecule has 7 heteroatoms. The number of halogens is 1. The lowest BCUT2D eigenvalue weighted by Crippen LogP contribution is -2.07. The molecule has 0 unspecified atom stereocenters. The van der Waals surface area contributed by atoms with Gasteiger partial charge in [-0.3, -0.25) is 10.1 Å². The highest BCUT2D eigenvalue weighted by Crippen LogP contribution is 2.33. The molecule has 0 aliphatic rings. The molecular formula is C14H15ClN4O2. The Balaban J connectivity index is 2.68. The van der Waals surface area contributed by atoms with Gasteiger partial charge >= 0.3 is 5.69 Å². The van der Waals surface area contributed by atoms with Gasteiger partial charge in [-0.1, -0.05) is 23.7 Å². The van der Waals surface area contributed by atoms with Gasteiger partial charge in [0.2, 0.25) is 5.95 Å². The second-order valence-corrected chi connectivity index (χ2v) is 4.99. The van der Waals surface area contributed by atoms with Crippen LogP contribution >= 0.6 is 11.6 Å². The largest absolute Gasteiger partial charge is 0.354 e. The standard InChI is InChI=1S/C14H15ClN4O2/c1-4-16-14-17-9(3)13(19(20)21)12(18-14)10-6-5-8(2)11(15)7-10/h5-7H,4H2,1-3H3,(H,16,17,18). The first-order chi connectivity index (χ1) is 9.93. The zero-order valence-corrected chi connectivity index (χ0v) is 12.7. The first kappa shape index (κ1) is 15.2. The monoisotopic (exact) mass is 306 g/mol. The smallest absolute Gasteiger partial charge is 0.316 e. The fraction of sp³-hybridized carbons (Fsp3) is 0.286. The van der Waals surface area contributed by atoms with E-state index in [4.69, 9.17) is 11.6 Å². The average molecular weight is 307 g/mol. The van der Waals surface area contributed by atoms with E-state index in [0.29, 0.717) is 28.8 Å². The predicted octanol–water partition coefficient (Wildman–Crippen LogP) is 3.75. The van der Waals surface area contributed by atoms with Crippen LogP contribution in [0, 0.1) is 24.0 Å². The lowest BCUT2D eigenvalue weighted by molar-refractivity contribution is -0.385. The molecule has 0 atom stereocenters. The highest BCUT2D eigenvalue weighted by atomic mass is 35.5. The molecule has 0 amide bonds. The van der Waals surface area contributed by atoms with E-state index in [1.54, 1.807) is 19.1 Å². The summed E-state index contributed by atoms with van der Waals surface area (Å²) in [5.41, 5.74) is 1.99. The number of hydrogen-bond donors (Lipinski definition) is 1. The van der Waals surface area contributed by atoms with Crippen LogP contribution in [-0.4, -0.2) is 21.4 Å². The molecule has 1 aromatic carbocycles. The van der Waals surface area contributed by atoms with Crippen molar-refractivity contribution in [3.63, 3.8) is 0 Å². The molecule has 1 N–H and O–H groups in total. The van der Waals surface area contributed by atoms with E-state index in [0.717, 1.165) is 5.56 Å². The molecule has 6 nitrogen and oxygen atoms in total. The molecule has 0 aliphatic carbocycles. The van der Waals surface area contributed by atoms with Crippen LogP contribution in [-0.2, 0) is 0 Å². The first-order valence-corrected chi connectivity index (χ1v) is 6.85. The van der Waals surface area contributed by atoms with Gasteiger partial charge in [-0.2, -0.15) is 0 Å². The molecule has 21 heavy (non-hydrogen) atoms. The molecule has 2 rings (SSSR count). The minimum absolute atomic E-state index is 0.100. The van der Waals surface area contributed by atoms with Crippen LogP contribution in [0.4, 0.5) is 11.6 Å². The van der Waals surface area contributed by atoms with Crippen LogP contribution in [0.25, 0.3) is 11.3 Å². The maximum Gasteiger partial charge on any atom is 0.316 e. The molecule has 0 aliphatic heterocycles. The van der Waals surface area contributed by atoms with Crippen molar-refractivity contribution in [1.29, 1.82) is 0 Å². The van der Waals surface area contributed by atoms with E-state index in [-0.39, 0.29) is 11.4 Å². The number of rotatable bonds is 4. The summed E-state index contributed by atoms with van der Waals surface area (Å²) in [6.45, 7) is 6.00.